The Morgan fingerprint density at radius 2 is 1.95 bits per heavy atom. The fourth-order valence-electron chi connectivity index (χ4n) is 2.41. The molecule has 1 N–H and O–H groups in total. The second-order valence-electron chi connectivity index (χ2n) is 4.66. The summed E-state index contributed by atoms with van der Waals surface area (Å²) in [5, 5.41) is 17.9. The monoisotopic (exact) mass is 270 g/mol. The van der Waals surface area contributed by atoms with E-state index in [4.69, 9.17) is 5.26 Å². The summed E-state index contributed by atoms with van der Waals surface area (Å²) in [7, 11) is 0. The fourth-order valence-corrected chi connectivity index (χ4v) is 2.41. The molecule has 1 heterocycles. The third-order valence-corrected chi connectivity index (χ3v) is 3.39. The van der Waals surface area contributed by atoms with Gasteiger partial charge in [-0.05, 0) is 30.7 Å². The average molecular weight is 270 g/mol. The number of alkyl halides is 3. The number of halogens is 3. The van der Waals surface area contributed by atoms with Crippen LogP contribution in [0.4, 0.5) is 18.9 Å². The van der Waals surface area contributed by atoms with Crippen LogP contribution in [0.5, 0.6) is 5.75 Å². The van der Waals surface area contributed by atoms with Gasteiger partial charge >= 0.3 is 6.18 Å². The topological polar surface area (TPSA) is 47.3 Å². The molecule has 1 saturated heterocycles. The molecule has 0 aliphatic carbocycles. The van der Waals surface area contributed by atoms with Gasteiger partial charge in [0.15, 0.2) is 0 Å². The van der Waals surface area contributed by atoms with E-state index in [2.05, 4.69) is 0 Å². The van der Waals surface area contributed by atoms with Crippen molar-refractivity contribution in [3.05, 3.63) is 24.3 Å². The van der Waals surface area contributed by atoms with Gasteiger partial charge in [-0.3, -0.25) is 0 Å². The summed E-state index contributed by atoms with van der Waals surface area (Å²) in [6.45, 7) is -0.138. The Morgan fingerprint density at radius 3 is 2.47 bits per heavy atom. The molecule has 0 saturated carbocycles. The lowest BCUT2D eigenvalue weighted by molar-refractivity contribution is -0.168. The average Bonchev–Trinajstić information content (AvgIpc) is 2.74. The molecular weight excluding hydrogens is 257 g/mol. The molecule has 102 valence electrons. The quantitative estimate of drug-likeness (QED) is 0.898. The first-order chi connectivity index (χ1) is 8.91. The van der Waals surface area contributed by atoms with Crippen LogP contribution in [0.25, 0.3) is 0 Å². The summed E-state index contributed by atoms with van der Waals surface area (Å²) in [5.74, 6) is -1.34. The molecule has 0 aromatic heterocycles. The molecule has 0 spiro atoms. The zero-order valence-electron chi connectivity index (χ0n) is 10.1. The van der Waals surface area contributed by atoms with Crippen LogP contribution in [-0.4, -0.2) is 23.9 Å². The second kappa shape index (κ2) is 5.00. The van der Waals surface area contributed by atoms with Crippen LogP contribution in [0.3, 0.4) is 0 Å². The smallest absolute Gasteiger partial charge is 0.393 e. The largest absolute Gasteiger partial charge is 0.508 e. The van der Waals surface area contributed by atoms with E-state index in [1.807, 2.05) is 6.07 Å². The van der Waals surface area contributed by atoms with Gasteiger partial charge in [-0.2, -0.15) is 18.4 Å². The molecule has 19 heavy (non-hydrogen) atoms. The Morgan fingerprint density at radius 1 is 1.32 bits per heavy atom. The Balaban J connectivity index is 2.22. The van der Waals surface area contributed by atoms with E-state index in [0.29, 0.717) is 5.69 Å². The number of phenolic OH excluding ortho intramolecular Hbond substituents is 1. The molecule has 6 heteroatoms. The zero-order chi connectivity index (χ0) is 14.0. The Labute approximate surface area is 108 Å². The minimum absolute atomic E-state index is 0.0576. The number of anilines is 1. The molecular formula is C13H13F3N2O. The minimum Gasteiger partial charge on any atom is -0.508 e. The molecule has 2 atom stereocenters. The van der Waals surface area contributed by atoms with Crippen molar-refractivity contribution in [2.75, 3.05) is 11.4 Å². The van der Waals surface area contributed by atoms with Crippen LogP contribution < -0.4 is 4.90 Å². The molecule has 0 radical (unpaired) electrons. The van der Waals surface area contributed by atoms with Crippen LogP contribution >= 0.6 is 0 Å². The van der Waals surface area contributed by atoms with Crippen molar-refractivity contribution >= 4 is 5.69 Å². The maximum absolute atomic E-state index is 12.8. The molecule has 1 aromatic carbocycles. The van der Waals surface area contributed by atoms with Gasteiger partial charge in [-0.25, -0.2) is 0 Å². The summed E-state index contributed by atoms with van der Waals surface area (Å²) in [6, 6.07) is 7.50. The van der Waals surface area contributed by atoms with Gasteiger partial charge in [0.25, 0.3) is 0 Å². The Hall–Kier alpha value is -1.90. The number of rotatable bonds is 2. The highest BCUT2D eigenvalue weighted by Gasteiger charge is 2.47. The molecule has 2 unspecified atom stereocenters. The molecule has 0 bridgehead atoms. The van der Waals surface area contributed by atoms with Crippen LogP contribution in [-0.2, 0) is 0 Å². The number of nitrogens with zero attached hydrogens (tertiary/aromatic N) is 2. The lowest BCUT2D eigenvalue weighted by Gasteiger charge is -2.25. The number of benzene rings is 1. The predicted molar refractivity (Wildman–Crippen MR) is 63.6 cm³/mol. The first kappa shape index (κ1) is 13.5. The van der Waals surface area contributed by atoms with E-state index in [-0.39, 0.29) is 25.1 Å². The fraction of sp³-hybridized carbons (Fsp3) is 0.462. The molecule has 1 aromatic rings. The number of aromatic hydroxyl groups is 1. The summed E-state index contributed by atoms with van der Waals surface area (Å²) in [5.41, 5.74) is 0.602. The lowest BCUT2D eigenvalue weighted by Crippen LogP contribution is -2.30. The van der Waals surface area contributed by atoms with Crippen LogP contribution in [0.1, 0.15) is 12.8 Å². The van der Waals surface area contributed by atoms with Crippen molar-refractivity contribution < 1.29 is 18.3 Å². The summed E-state index contributed by atoms with van der Waals surface area (Å²) >= 11 is 0. The molecule has 1 fully saturated rings. The maximum Gasteiger partial charge on any atom is 0.393 e. The van der Waals surface area contributed by atoms with Crippen LogP contribution in [0.15, 0.2) is 24.3 Å². The molecule has 3 nitrogen and oxygen atoms in total. The van der Waals surface area contributed by atoms with Crippen molar-refractivity contribution in [2.45, 2.75) is 25.1 Å². The van der Waals surface area contributed by atoms with Gasteiger partial charge in [-0.1, -0.05) is 0 Å². The highest BCUT2D eigenvalue weighted by atomic mass is 19.4. The molecule has 1 aliphatic heterocycles. The Kier molecular flexibility index (Phi) is 3.56. The van der Waals surface area contributed by atoms with Gasteiger partial charge in [0.05, 0.1) is 18.4 Å². The SMILES string of the molecule is N#CCC1CC(C(F)(F)F)CN1c1ccc(O)cc1. The van der Waals surface area contributed by atoms with Gasteiger partial charge in [0.1, 0.15) is 5.75 Å². The molecule has 2 rings (SSSR count). The van der Waals surface area contributed by atoms with Crippen molar-refractivity contribution in [2.24, 2.45) is 5.92 Å². The number of hydrogen-bond donors (Lipinski definition) is 1. The van der Waals surface area contributed by atoms with E-state index < -0.39 is 18.1 Å². The number of hydrogen-bond acceptors (Lipinski definition) is 3. The van der Waals surface area contributed by atoms with Crippen molar-refractivity contribution in [3.8, 4) is 11.8 Å². The van der Waals surface area contributed by atoms with Gasteiger partial charge in [0.2, 0.25) is 0 Å². The van der Waals surface area contributed by atoms with Gasteiger partial charge in [-0.15, -0.1) is 0 Å². The zero-order valence-corrected chi connectivity index (χ0v) is 10.1. The van der Waals surface area contributed by atoms with Crippen LogP contribution in [0.2, 0.25) is 0 Å². The van der Waals surface area contributed by atoms with Crippen molar-refractivity contribution in [1.29, 1.82) is 5.26 Å². The Bertz CT molecular complexity index is 478. The van der Waals surface area contributed by atoms with Crippen LogP contribution in [0, 0.1) is 17.2 Å². The van der Waals surface area contributed by atoms with E-state index >= 15 is 0 Å². The highest BCUT2D eigenvalue weighted by molar-refractivity contribution is 5.51. The standard InChI is InChI=1S/C13H13F3N2O/c14-13(15,16)9-7-11(5-6-17)18(8-9)10-1-3-12(19)4-2-10/h1-4,9,11,19H,5,7-8H2. The van der Waals surface area contributed by atoms with E-state index in [9.17, 15) is 18.3 Å². The minimum atomic E-state index is -4.24. The van der Waals surface area contributed by atoms with E-state index in [0.717, 1.165) is 0 Å². The number of phenols is 1. The normalized spacial score (nSPS) is 23.4. The van der Waals surface area contributed by atoms with Gasteiger partial charge < -0.3 is 10.0 Å². The summed E-state index contributed by atoms with van der Waals surface area (Å²) < 4.78 is 38.3. The third kappa shape index (κ3) is 2.92. The van der Waals surface area contributed by atoms with Crippen molar-refractivity contribution in [1.82, 2.24) is 0 Å². The lowest BCUT2D eigenvalue weighted by atomic mass is 10.0. The third-order valence-electron chi connectivity index (χ3n) is 3.39. The van der Waals surface area contributed by atoms with Gasteiger partial charge in [0, 0.05) is 18.3 Å². The predicted octanol–water partition coefficient (Wildman–Crippen LogP) is 3.06. The second-order valence-corrected chi connectivity index (χ2v) is 4.66. The first-order valence-electron chi connectivity index (χ1n) is 5.91. The summed E-state index contributed by atoms with van der Waals surface area (Å²) in [4.78, 5) is 1.60. The highest BCUT2D eigenvalue weighted by Crippen LogP contribution is 2.39. The molecule has 0 amide bonds. The van der Waals surface area contributed by atoms with E-state index in [1.54, 1.807) is 17.0 Å². The number of nitriles is 1. The van der Waals surface area contributed by atoms with Crippen molar-refractivity contribution in [3.63, 3.8) is 0 Å². The first-order valence-corrected chi connectivity index (χ1v) is 5.91. The van der Waals surface area contributed by atoms with E-state index in [1.165, 1.54) is 12.1 Å². The summed E-state index contributed by atoms with van der Waals surface area (Å²) in [6.07, 6.45) is -4.23. The molecule has 1 aliphatic rings. The maximum atomic E-state index is 12.8.